The summed E-state index contributed by atoms with van der Waals surface area (Å²) in [5.41, 5.74) is 8.54. The van der Waals surface area contributed by atoms with E-state index in [0.29, 0.717) is 0 Å². The van der Waals surface area contributed by atoms with E-state index in [2.05, 4.69) is 12.1 Å². The van der Waals surface area contributed by atoms with Gasteiger partial charge >= 0.3 is 0 Å². The second-order valence-electron chi connectivity index (χ2n) is 5.43. The standard InChI is InChI=1S/C17H18N2O/c1-19(16(20)17(18)11-12-17)15-9-7-14(8-10-15)13-5-3-2-4-6-13/h2-10H,11-12,18H2,1H3. The Morgan fingerprint density at radius 1 is 1.00 bits per heavy atom. The van der Waals surface area contributed by atoms with E-state index in [1.807, 2.05) is 42.5 Å². The first-order valence-corrected chi connectivity index (χ1v) is 6.83. The van der Waals surface area contributed by atoms with Crippen LogP contribution in [0.1, 0.15) is 12.8 Å². The lowest BCUT2D eigenvalue weighted by atomic mass is 10.1. The number of carbonyl (C=O) groups is 1. The third-order valence-electron chi connectivity index (χ3n) is 3.88. The SMILES string of the molecule is CN(C(=O)C1(N)CC1)c1ccc(-c2ccccc2)cc1. The molecule has 20 heavy (non-hydrogen) atoms. The van der Waals surface area contributed by atoms with Crippen molar-refractivity contribution in [2.75, 3.05) is 11.9 Å². The zero-order chi connectivity index (χ0) is 14.2. The van der Waals surface area contributed by atoms with Crippen LogP contribution in [-0.4, -0.2) is 18.5 Å². The number of hydrogen-bond donors (Lipinski definition) is 1. The van der Waals surface area contributed by atoms with Gasteiger partial charge in [0.25, 0.3) is 0 Å². The molecule has 1 amide bonds. The fourth-order valence-electron chi connectivity index (χ4n) is 2.31. The van der Waals surface area contributed by atoms with E-state index in [0.717, 1.165) is 24.1 Å². The van der Waals surface area contributed by atoms with E-state index < -0.39 is 5.54 Å². The Balaban J connectivity index is 1.81. The zero-order valence-corrected chi connectivity index (χ0v) is 11.5. The molecule has 0 unspecified atom stereocenters. The van der Waals surface area contributed by atoms with Gasteiger partial charge < -0.3 is 10.6 Å². The van der Waals surface area contributed by atoms with Gasteiger partial charge in [0, 0.05) is 12.7 Å². The molecule has 1 fully saturated rings. The van der Waals surface area contributed by atoms with Crippen molar-refractivity contribution in [2.24, 2.45) is 5.73 Å². The number of benzene rings is 2. The highest BCUT2D eigenvalue weighted by molar-refractivity contribution is 6.01. The maximum atomic E-state index is 12.2. The molecule has 0 bridgehead atoms. The number of carbonyl (C=O) groups excluding carboxylic acids is 1. The van der Waals surface area contributed by atoms with Crippen LogP contribution in [0.25, 0.3) is 11.1 Å². The van der Waals surface area contributed by atoms with Crippen molar-refractivity contribution in [1.29, 1.82) is 0 Å². The maximum Gasteiger partial charge on any atom is 0.246 e. The van der Waals surface area contributed by atoms with E-state index in [1.165, 1.54) is 5.56 Å². The maximum absolute atomic E-state index is 12.2. The van der Waals surface area contributed by atoms with E-state index in [9.17, 15) is 4.79 Å². The molecule has 0 aromatic heterocycles. The van der Waals surface area contributed by atoms with E-state index in [1.54, 1.807) is 11.9 Å². The predicted octanol–water partition coefficient (Wildman–Crippen LogP) is 2.81. The largest absolute Gasteiger partial charge is 0.317 e. The Morgan fingerprint density at radius 2 is 1.55 bits per heavy atom. The molecule has 0 aliphatic heterocycles. The smallest absolute Gasteiger partial charge is 0.246 e. The van der Waals surface area contributed by atoms with Gasteiger partial charge in [0.1, 0.15) is 0 Å². The van der Waals surface area contributed by atoms with Crippen molar-refractivity contribution in [3.8, 4) is 11.1 Å². The number of rotatable bonds is 3. The van der Waals surface area contributed by atoms with Gasteiger partial charge in [-0.1, -0.05) is 42.5 Å². The van der Waals surface area contributed by atoms with Gasteiger partial charge in [0.15, 0.2) is 0 Å². The molecule has 0 atom stereocenters. The first kappa shape index (κ1) is 12.9. The van der Waals surface area contributed by atoms with Crippen molar-refractivity contribution < 1.29 is 4.79 Å². The Morgan fingerprint density at radius 3 is 2.10 bits per heavy atom. The Kier molecular flexibility index (Phi) is 3.07. The van der Waals surface area contributed by atoms with Crippen LogP contribution in [-0.2, 0) is 4.79 Å². The minimum Gasteiger partial charge on any atom is -0.317 e. The number of anilines is 1. The minimum absolute atomic E-state index is 0.00459. The molecule has 3 heteroatoms. The van der Waals surface area contributed by atoms with E-state index in [4.69, 9.17) is 5.73 Å². The van der Waals surface area contributed by atoms with E-state index in [-0.39, 0.29) is 5.91 Å². The van der Waals surface area contributed by atoms with Crippen LogP contribution < -0.4 is 10.6 Å². The second-order valence-corrected chi connectivity index (χ2v) is 5.43. The molecule has 0 spiro atoms. The van der Waals surface area contributed by atoms with Gasteiger partial charge in [0.05, 0.1) is 5.54 Å². The Labute approximate surface area is 119 Å². The topological polar surface area (TPSA) is 46.3 Å². The molecule has 3 rings (SSSR count). The molecule has 0 heterocycles. The predicted molar refractivity (Wildman–Crippen MR) is 81.4 cm³/mol. The van der Waals surface area contributed by atoms with Crippen LogP contribution in [0.2, 0.25) is 0 Å². The summed E-state index contributed by atoms with van der Waals surface area (Å²) in [5, 5.41) is 0. The van der Waals surface area contributed by atoms with Crippen LogP contribution in [0, 0.1) is 0 Å². The summed E-state index contributed by atoms with van der Waals surface area (Å²) in [5.74, 6) is 0.00459. The first-order chi connectivity index (χ1) is 9.60. The number of nitrogens with two attached hydrogens (primary N) is 1. The minimum atomic E-state index is -0.618. The summed E-state index contributed by atoms with van der Waals surface area (Å²) in [7, 11) is 1.78. The first-order valence-electron chi connectivity index (χ1n) is 6.83. The number of likely N-dealkylation sites (N-methyl/N-ethyl adjacent to an activating group) is 1. The fraction of sp³-hybridized carbons (Fsp3) is 0.235. The fourth-order valence-corrected chi connectivity index (χ4v) is 2.31. The van der Waals surface area contributed by atoms with Gasteiger partial charge in [-0.2, -0.15) is 0 Å². The summed E-state index contributed by atoms with van der Waals surface area (Å²) >= 11 is 0. The molecule has 1 saturated carbocycles. The highest BCUT2D eigenvalue weighted by atomic mass is 16.2. The summed E-state index contributed by atoms with van der Waals surface area (Å²) in [4.78, 5) is 13.8. The van der Waals surface area contributed by atoms with Crippen molar-refractivity contribution in [2.45, 2.75) is 18.4 Å². The molecular formula is C17H18N2O. The third kappa shape index (κ3) is 2.32. The lowest BCUT2D eigenvalue weighted by molar-refractivity contribution is -0.120. The molecule has 1 aliphatic carbocycles. The lowest BCUT2D eigenvalue weighted by Gasteiger charge is -2.21. The molecule has 2 aromatic carbocycles. The molecular weight excluding hydrogens is 248 g/mol. The average molecular weight is 266 g/mol. The van der Waals surface area contributed by atoms with Crippen molar-refractivity contribution >= 4 is 11.6 Å². The van der Waals surface area contributed by atoms with Crippen LogP contribution in [0.4, 0.5) is 5.69 Å². The number of nitrogens with zero attached hydrogens (tertiary/aromatic N) is 1. The highest BCUT2D eigenvalue weighted by Crippen LogP contribution is 2.35. The summed E-state index contributed by atoms with van der Waals surface area (Å²) in [6.45, 7) is 0. The van der Waals surface area contributed by atoms with Crippen LogP contribution >= 0.6 is 0 Å². The number of hydrogen-bond acceptors (Lipinski definition) is 2. The van der Waals surface area contributed by atoms with Gasteiger partial charge in [0.2, 0.25) is 5.91 Å². The molecule has 2 N–H and O–H groups in total. The Bertz CT molecular complexity index is 615. The van der Waals surface area contributed by atoms with Crippen LogP contribution in [0.5, 0.6) is 0 Å². The second kappa shape index (κ2) is 4.76. The van der Waals surface area contributed by atoms with Gasteiger partial charge in [-0.25, -0.2) is 0 Å². The van der Waals surface area contributed by atoms with Crippen LogP contribution in [0.15, 0.2) is 54.6 Å². The summed E-state index contributed by atoms with van der Waals surface area (Å²) in [6.07, 6.45) is 1.58. The van der Waals surface area contributed by atoms with Gasteiger partial charge in [-0.05, 0) is 36.1 Å². The van der Waals surface area contributed by atoms with Crippen LogP contribution in [0.3, 0.4) is 0 Å². The monoisotopic (exact) mass is 266 g/mol. The Hall–Kier alpha value is -2.13. The summed E-state index contributed by atoms with van der Waals surface area (Å²) in [6, 6.07) is 18.2. The molecule has 1 aliphatic rings. The van der Waals surface area contributed by atoms with Crippen molar-refractivity contribution in [3.63, 3.8) is 0 Å². The average Bonchev–Trinajstić information content (AvgIpc) is 3.26. The number of amides is 1. The van der Waals surface area contributed by atoms with E-state index >= 15 is 0 Å². The quantitative estimate of drug-likeness (QED) is 0.928. The molecule has 3 nitrogen and oxygen atoms in total. The third-order valence-corrected chi connectivity index (χ3v) is 3.88. The van der Waals surface area contributed by atoms with Crippen molar-refractivity contribution in [3.05, 3.63) is 54.6 Å². The normalized spacial score (nSPS) is 15.7. The highest BCUT2D eigenvalue weighted by Gasteiger charge is 2.47. The molecule has 102 valence electrons. The molecule has 2 aromatic rings. The lowest BCUT2D eigenvalue weighted by Crippen LogP contribution is -2.43. The van der Waals surface area contributed by atoms with Gasteiger partial charge in [-0.3, -0.25) is 4.79 Å². The molecule has 0 radical (unpaired) electrons. The van der Waals surface area contributed by atoms with Crippen molar-refractivity contribution in [1.82, 2.24) is 0 Å². The zero-order valence-electron chi connectivity index (χ0n) is 11.5. The van der Waals surface area contributed by atoms with Gasteiger partial charge in [-0.15, -0.1) is 0 Å². The molecule has 0 saturated heterocycles. The summed E-state index contributed by atoms with van der Waals surface area (Å²) < 4.78 is 0.